The van der Waals surface area contributed by atoms with Crippen molar-refractivity contribution in [3.8, 4) is 11.5 Å². The molecule has 2 aliphatic rings. The maximum Gasteiger partial charge on any atom is 0.257 e. The van der Waals surface area contributed by atoms with Crippen molar-refractivity contribution in [1.29, 1.82) is 0 Å². The smallest absolute Gasteiger partial charge is 0.257 e. The van der Waals surface area contributed by atoms with Gasteiger partial charge in [-0.25, -0.2) is 0 Å². The molecule has 0 N–H and O–H groups in total. The van der Waals surface area contributed by atoms with Crippen molar-refractivity contribution in [3.63, 3.8) is 0 Å². The van der Waals surface area contributed by atoms with Gasteiger partial charge in [0.1, 0.15) is 13.2 Å². The summed E-state index contributed by atoms with van der Waals surface area (Å²) in [6.45, 7) is 4.73. The number of ether oxygens (including phenoxy) is 2. The van der Waals surface area contributed by atoms with Crippen LogP contribution in [0.25, 0.3) is 0 Å². The third-order valence-corrected chi connectivity index (χ3v) is 4.83. The minimum Gasteiger partial charge on any atom is -0.486 e. The third-order valence-electron chi connectivity index (χ3n) is 4.83. The van der Waals surface area contributed by atoms with Crippen molar-refractivity contribution in [2.24, 2.45) is 0 Å². The van der Waals surface area contributed by atoms with E-state index in [2.05, 4.69) is 15.0 Å². The molecule has 2 aliphatic heterocycles. The van der Waals surface area contributed by atoms with Gasteiger partial charge < -0.3 is 18.9 Å². The molecule has 3 heterocycles. The monoisotopic (exact) mass is 358 g/mol. The summed E-state index contributed by atoms with van der Waals surface area (Å²) in [5.41, 5.74) is 0.569. The molecule has 4 rings (SSSR count). The van der Waals surface area contributed by atoms with Crippen molar-refractivity contribution in [1.82, 2.24) is 19.9 Å². The van der Waals surface area contributed by atoms with E-state index in [4.69, 9.17) is 14.0 Å². The Bertz CT molecular complexity index is 806. The second-order valence-corrected chi connectivity index (χ2v) is 6.67. The number of para-hydroxylation sites is 1. The molecule has 0 spiro atoms. The number of likely N-dealkylation sites (N-methyl/N-ethyl adjacent to an activating group) is 1. The Labute approximate surface area is 151 Å². The van der Waals surface area contributed by atoms with Gasteiger partial charge >= 0.3 is 0 Å². The summed E-state index contributed by atoms with van der Waals surface area (Å²) in [6, 6.07) is 5.72. The van der Waals surface area contributed by atoms with Gasteiger partial charge in [0.05, 0.1) is 12.1 Å². The predicted octanol–water partition coefficient (Wildman–Crippen LogP) is 1.50. The number of benzene rings is 1. The van der Waals surface area contributed by atoms with Gasteiger partial charge in [-0.1, -0.05) is 11.2 Å². The first-order valence-electron chi connectivity index (χ1n) is 8.79. The number of fused-ring (bicyclic) bond motifs is 1. The molecule has 0 aliphatic carbocycles. The number of likely N-dealkylation sites (tertiary alicyclic amines) is 1. The van der Waals surface area contributed by atoms with Crippen molar-refractivity contribution in [2.45, 2.75) is 25.9 Å². The van der Waals surface area contributed by atoms with Crippen LogP contribution in [0.1, 0.15) is 28.5 Å². The summed E-state index contributed by atoms with van der Waals surface area (Å²) < 4.78 is 16.3. The quantitative estimate of drug-likeness (QED) is 0.819. The van der Waals surface area contributed by atoms with Crippen LogP contribution in [-0.2, 0) is 6.54 Å². The Kier molecular flexibility index (Phi) is 4.50. The molecule has 1 atom stereocenters. The van der Waals surface area contributed by atoms with Crippen LogP contribution in [0.15, 0.2) is 22.7 Å². The SMILES string of the molecule is Cc1nc(CN(C)C2CCN(C(=O)c3cccc4c3OCCO4)C2)no1. The molecule has 138 valence electrons. The highest BCUT2D eigenvalue weighted by atomic mass is 16.6. The van der Waals surface area contributed by atoms with Crippen molar-refractivity contribution in [3.05, 3.63) is 35.5 Å². The molecule has 26 heavy (non-hydrogen) atoms. The summed E-state index contributed by atoms with van der Waals surface area (Å²) in [5, 5.41) is 3.94. The van der Waals surface area contributed by atoms with Crippen LogP contribution < -0.4 is 9.47 Å². The Balaban J connectivity index is 1.43. The number of hydrogen-bond acceptors (Lipinski definition) is 7. The van der Waals surface area contributed by atoms with E-state index < -0.39 is 0 Å². The summed E-state index contributed by atoms with van der Waals surface area (Å²) in [6.07, 6.45) is 0.908. The molecule has 1 saturated heterocycles. The van der Waals surface area contributed by atoms with E-state index in [9.17, 15) is 4.79 Å². The Hall–Kier alpha value is -2.61. The van der Waals surface area contributed by atoms with Crippen LogP contribution >= 0.6 is 0 Å². The molecule has 1 aromatic carbocycles. The molecule has 8 heteroatoms. The van der Waals surface area contributed by atoms with Gasteiger partial charge in [0, 0.05) is 26.1 Å². The van der Waals surface area contributed by atoms with Crippen LogP contribution in [0.3, 0.4) is 0 Å². The molecule has 8 nitrogen and oxygen atoms in total. The molecule has 1 aromatic heterocycles. The zero-order valence-electron chi connectivity index (χ0n) is 15.0. The van der Waals surface area contributed by atoms with Crippen molar-refractivity contribution in [2.75, 3.05) is 33.4 Å². The maximum atomic E-state index is 13.0. The first kappa shape index (κ1) is 16.8. The molecule has 0 radical (unpaired) electrons. The number of carbonyl (C=O) groups is 1. The molecular weight excluding hydrogens is 336 g/mol. The normalized spacial score (nSPS) is 19.2. The van der Waals surface area contributed by atoms with Gasteiger partial charge in [0.2, 0.25) is 5.89 Å². The summed E-state index contributed by atoms with van der Waals surface area (Å²) in [5.74, 6) is 2.41. The first-order valence-corrected chi connectivity index (χ1v) is 8.79. The molecule has 0 bridgehead atoms. The largest absolute Gasteiger partial charge is 0.486 e. The maximum absolute atomic E-state index is 13.0. The van der Waals surface area contributed by atoms with Gasteiger partial charge in [0.25, 0.3) is 5.91 Å². The molecule has 0 saturated carbocycles. The third kappa shape index (κ3) is 3.24. The lowest BCUT2D eigenvalue weighted by Crippen LogP contribution is -2.36. The number of aryl methyl sites for hydroxylation is 1. The van der Waals surface area contributed by atoms with Crippen molar-refractivity contribution < 1.29 is 18.8 Å². The fourth-order valence-electron chi connectivity index (χ4n) is 3.46. The van der Waals surface area contributed by atoms with Crippen molar-refractivity contribution >= 4 is 5.91 Å². The molecule has 1 amide bonds. The molecule has 2 aromatic rings. The number of nitrogens with zero attached hydrogens (tertiary/aromatic N) is 4. The predicted molar refractivity (Wildman–Crippen MR) is 92.2 cm³/mol. The van der Waals surface area contributed by atoms with Gasteiger partial charge in [0.15, 0.2) is 17.3 Å². The van der Waals surface area contributed by atoms with Crippen LogP contribution in [-0.4, -0.2) is 65.2 Å². The summed E-state index contributed by atoms with van der Waals surface area (Å²) in [4.78, 5) is 21.3. The van der Waals surface area contributed by atoms with E-state index in [1.807, 2.05) is 24.1 Å². The average molecular weight is 358 g/mol. The van der Waals surface area contributed by atoms with E-state index in [0.29, 0.717) is 61.6 Å². The lowest BCUT2D eigenvalue weighted by Gasteiger charge is -2.25. The highest BCUT2D eigenvalue weighted by Crippen LogP contribution is 2.34. The highest BCUT2D eigenvalue weighted by Gasteiger charge is 2.32. The molecule has 1 fully saturated rings. The topological polar surface area (TPSA) is 80.9 Å². The van der Waals surface area contributed by atoms with Crippen LogP contribution in [0.2, 0.25) is 0 Å². The Morgan fingerprint density at radius 1 is 1.35 bits per heavy atom. The Morgan fingerprint density at radius 2 is 2.19 bits per heavy atom. The highest BCUT2D eigenvalue weighted by molar-refractivity contribution is 5.98. The lowest BCUT2D eigenvalue weighted by atomic mass is 10.1. The zero-order chi connectivity index (χ0) is 18.1. The van der Waals surface area contributed by atoms with Gasteiger partial charge in [-0.05, 0) is 25.6 Å². The fraction of sp³-hybridized carbons (Fsp3) is 0.500. The standard InChI is InChI=1S/C18H22N4O4/c1-12-19-16(20-26-12)11-21(2)13-6-7-22(10-13)18(23)14-4-3-5-15-17(14)25-9-8-24-15/h3-5,13H,6-11H2,1-2H3. The fourth-order valence-corrected chi connectivity index (χ4v) is 3.46. The minimum absolute atomic E-state index is 0.0151. The van der Waals surface area contributed by atoms with Crippen LogP contribution in [0.4, 0.5) is 0 Å². The van der Waals surface area contributed by atoms with Gasteiger partial charge in [-0.2, -0.15) is 4.98 Å². The van der Waals surface area contributed by atoms with E-state index in [-0.39, 0.29) is 11.9 Å². The Morgan fingerprint density at radius 3 is 3.00 bits per heavy atom. The van der Waals surface area contributed by atoms with Gasteiger partial charge in [-0.15, -0.1) is 0 Å². The average Bonchev–Trinajstić information content (AvgIpc) is 3.30. The number of carbonyl (C=O) groups excluding carboxylic acids is 1. The van der Waals surface area contributed by atoms with E-state index in [1.165, 1.54) is 0 Å². The number of rotatable bonds is 4. The van der Waals surface area contributed by atoms with E-state index >= 15 is 0 Å². The number of hydrogen-bond donors (Lipinski definition) is 0. The number of amides is 1. The van der Waals surface area contributed by atoms with Gasteiger partial charge in [-0.3, -0.25) is 9.69 Å². The first-order chi connectivity index (χ1) is 12.6. The number of aromatic nitrogens is 2. The van der Waals surface area contributed by atoms with E-state index in [1.54, 1.807) is 13.0 Å². The summed E-state index contributed by atoms with van der Waals surface area (Å²) >= 11 is 0. The second-order valence-electron chi connectivity index (χ2n) is 6.67. The summed E-state index contributed by atoms with van der Waals surface area (Å²) in [7, 11) is 2.02. The second kappa shape index (κ2) is 6.95. The van der Waals surface area contributed by atoms with Crippen LogP contribution in [0, 0.1) is 6.92 Å². The minimum atomic E-state index is -0.0151. The lowest BCUT2D eigenvalue weighted by molar-refractivity contribution is 0.0768. The molecular formula is C18H22N4O4. The molecule has 1 unspecified atom stereocenters. The zero-order valence-corrected chi connectivity index (χ0v) is 15.0. The van der Waals surface area contributed by atoms with E-state index in [0.717, 1.165) is 6.42 Å². The van der Waals surface area contributed by atoms with Crippen LogP contribution in [0.5, 0.6) is 11.5 Å².